The first-order valence-corrected chi connectivity index (χ1v) is 9.36. The highest BCUT2D eigenvalue weighted by atomic mass is 16.3. The zero-order chi connectivity index (χ0) is 17.9. The molecule has 1 amide bonds. The maximum absolute atomic E-state index is 12.5. The van der Waals surface area contributed by atoms with Crippen molar-refractivity contribution in [2.45, 2.75) is 32.6 Å². The number of hydrogen-bond donors (Lipinski definition) is 2. The average molecular weight is 342 g/mol. The molecule has 0 saturated carbocycles. The SMILES string of the molecule is CC(C)(CO)C(CNC(=O)/C=C1/CN2CCC1CC2)c1ccccc1. The van der Waals surface area contributed by atoms with Gasteiger partial charge in [-0.25, -0.2) is 0 Å². The van der Waals surface area contributed by atoms with E-state index >= 15 is 0 Å². The highest BCUT2D eigenvalue weighted by Crippen LogP contribution is 2.35. The van der Waals surface area contributed by atoms with Crippen LogP contribution in [0, 0.1) is 11.3 Å². The fraction of sp³-hybridized carbons (Fsp3) is 0.571. The molecule has 2 N–H and O–H groups in total. The normalized spacial score (nSPS) is 25.8. The van der Waals surface area contributed by atoms with Crippen molar-refractivity contribution in [3.63, 3.8) is 0 Å². The van der Waals surface area contributed by atoms with E-state index in [0.717, 1.165) is 12.1 Å². The third-order valence-electron chi connectivity index (χ3n) is 5.87. The number of carbonyl (C=O) groups is 1. The monoisotopic (exact) mass is 342 g/mol. The molecular formula is C21H30N2O2. The van der Waals surface area contributed by atoms with Gasteiger partial charge in [0.2, 0.25) is 5.91 Å². The minimum Gasteiger partial charge on any atom is -0.396 e. The molecule has 3 aliphatic rings. The van der Waals surface area contributed by atoms with Gasteiger partial charge in [-0.3, -0.25) is 9.69 Å². The highest BCUT2D eigenvalue weighted by molar-refractivity contribution is 5.88. The van der Waals surface area contributed by atoms with Crippen LogP contribution in [0.4, 0.5) is 0 Å². The third-order valence-corrected chi connectivity index (χ3v) is 5.87. The van der Waals surface area contributed by atoms with Crippen LogP contribution in [0.5, 0.6) is 0 Å². The molecule has 1 atom stereocenters. The summed E-state index contributed by atoms with van der Waals surface area (Å²) >= 11 is 0. The van der Waals surface area contributed by atoms with E-state index in [4.69, 9.17) is 0 Å². The molecule has 3 fully saturated rings. The molecule has 136 valence electrons. The Morgan fingerprint density at radius 3 is 2.56 bits per heavy atom. The van der Waals surface area contributed by atoms with E-state index in [0.29, 0.717) is 12.5 Å². The van der Waals surface area contributed by atoms with Gasteiger partial charge in [0, 0.05) is 31.7 Å². The van der Waals surface area contributed by atoms with E-state index in [9.17, 15) is 9.90 Å². The lowest BCUT2D eigenvalue weighted by atomic mass is 9.75. The molecule has 3 saturated heterocycles. The molecule has 3 aliphatic heterocycles. The number of fused-ring (bicyclic) bond motifs is 3. The van der Waals surface area contributed by atoms with Gasteiger partial charge >= 0.3 is 0 Å². The summed E-state index contributed by atoms with van der Waals surface area (Å²) in [5.41, 5.74) is 2.14. The molecule has 2 bridgehead atoms. The lowest BCUT2D eigenvalue weighted by Crippen LogP contribution is -2.43. The molecule has 4 heteroatoms. The topological polar surface area (TPSA) is 52.6 Å². The summed E-state index contributed by atoms with van der Waals surface area (Å²) in [6, 6.07) is 10.1. The van der Waals surface area contributed by atoms with Crippen molar-refractivity contribution in [1.29, 1.82) is 0 Å². The Hall–Kier alpha value is -1.65. The Bertz CT molecular complexity index is 616. The van der Waals surface area contributed by atoms with Gasteiger partial charge in [-0.2, -0.15) is 0 Å². The van der Waals surface area contributed by atoms with Gasteiger partial charge in [-0.15, -0.1) is 0 Å². The van der Waals surface area contributed by atoms with Crippen molar-refractivity contribution in [2.24, 2.45) is 11.3 Å². The maximum Gasteiger partial charge on any atom is 0.244 e. The predicted octanol–water partition coefficient (Wildman–Crippen LogP) is 2.56. The molecule has 0 aromatic heterocycles. The number of amides is 1. The number of rotatable bonds is 6. The molecule has 1 unspecified atom stereocenters. The van der Waals surface area contributed by atoms with E-state index in [1.807, 2.05) is 38.1 Å². The maximum atomic E-state index is 12.5. The second kappa shape index (κ2) is 7.71. The smallest absolute Gasteiger partial charge is 0.244 e. The number of benzene rings is 1. The van der Waals surface area contributed by atoms with Crippen molar-refractivity contribution in [3.8, 4) is 0 Å². The second-order valence-corrected chi connectivity index (χ2v) is 8.12. The number of aliphatic hydroxyl groups excluding tert-OH is 1. The van der Waals surface area contributed by atoms with E-state index in [2.05, 4.69) is 22.3 Å². The van der Waals surface area contributed by atoms with Crippen LogP contribution in [0.2, 0.25) is 0 Å². The van der Waals surface area contributed by atoms with E-state index in [1.165, 1.54) is 31.5 Å². The molecule has 0 spiro atoms. The first kappa shape index (κ1) is 18.2. The van der Waals surface area contributed by atoms with Crippen LogP contribution in [0.1, 0.15) is 38.2 Å². The van der Waals surface area contributed by atoms with Crippen molar-refractivity contribution in [1.82, 2.24) is 10.2 Å². The van der Waals surface area contributed by atoms with Crippen LogP contribution >= 0.6 is 0 Å². The summed E-state index contributed by atoms with van der Waals surface area (Å²) in [6.07, 6.45) is 4.19. The summed E-state index contributed by atoms with van der Waals surface area (Å²) < 4.78 is 0. The molecule has 3 heterocycles. The second-order valence-electron chi connectivity index (χ2n) is 8.12. The molecular weight excluding hydrogens is 312 g/mol. The molecule has 1 aromatic rings. The molecule has 1 aromatic carbocycles. The van der Waals surface area contributed by atoms with Gasteiger partial charge in [0.1, 0.15) is 0 Å². The molecule has 0 radical (unpaired) electrons. The number of carbonyl (C=O) groups excluding carboxylic acids is 1. The number of aliphatic hydroxyl groups is 1. The number of piperidine rings is 3. The van der Waals surface area contributed by atoms with Crippen LogP contribution in [0.25, 0.3) is 0 Å². The molecule has 0 aliphatic carbocycles. The van der Waals surface area contributed by atoms with Gasteiger partial charge in [0.25, 0.3) is 0 Å². The Morgan fingerprint density at radius 1 is 1.32 bits per heavy atom. The Kier molecular flexibility index (Phi) is 5.60. The Balaban J connectivity index is 1.66. The largest absolute Gasteiger partial charge is 0.396 e. The summed E-state index contributed by atoms with van der Waals surface area (Å²) in [4.78, 5) is 14.9. The van der Waals surface area contributed by atoms with Gasteiger partial charge in [0.05, 0.1) is 0 Å². The van der Waals surface area contributed by atoms with Crippen molar-refractivity contribution < 1.29 is 9.90 Å². The summed E-state index contributed by atoms with van der Waals surface area (Å²) in [7, 11) is 0. The van der Waals surface area contributed by atoms with E-state index < -0.39 is 0 Å². The lowest BCUT2D eigenvalue weighted by Gasteiger charge is -2.41. The first-order chi connectivity index (χ1) is 12.0. The van der Waals surface area contributed by atoms with E-state index in [1.54, 1.807) is 0 Å². The van der Waals surface area contributed by atoms with Crippen LogP contribution in [0.15, 0.2) is 42.0 Å². The zero-order valence-electron chi connectivity index (χ0n) is 15.4. The minimum absolute atomic E-state index is 0.00146. The Labute approximate surface area is 150 Å². The van der Waals surface area contributed by atoms with Crippen LogP contribution in [-0.2, 0) is 4.79 Å². The number of nitrogens with one attached hydrogen (secondary N) is 1. The fourth-order valence-corrected chi connectivity index (χ4v) is 4.08. The Morgan fingerprint density at radius 2 is 2.00 bits per heavy atom. The van der Waals surface area contributed by atoms with Crippen molar-refractivity contribution in [3.05, 3.63) is 47.5 Å². The predicted molar refractivity (Wildman–Crippen MR) is 100 cm³/mol. The summed E-state index contributed by atoms with van der Waals surface area (Å²) in [5.74, 6) is 0.667. The van der Waals surface area contributed by atoms with Crippen molar-refractivity contribution >= 4 is 5.91 Å². The quantitative estimate of drug-likeness (QED) is 0.781. The van der Waals surface area contributed by atoms with E-state index in [-0.39, 0.29) is 23.8 Å². The molecule has 4 nitrogen and oxygen atoms in total. The minimum atomic E-state index is -0.294. The summed E-state index contributed by atoms with van der Waals surface area (Å²) in [5, 5.41) is 12.9. The van der Waals surface area contributed by atoms with Crippen LogP contribution in [-0.4, -0.2) is 48.7 Å². The standard InChI is InChI=1S/C21H30N2O2/c1-21(2,15-24)19(17-6-4-3-5-7-17)13-22-20(25)12-18-14-23-10-8-16(18)9-11-23/h3-7,12,16,19,24H,8-11,13-15H2,1-2H3,(H,22,25)/b18-12-. The molecule has 25 heavy (non-hydrogen) atoms. The van der Waals surface area contributed by atoms with Gasteiger partial charge < -0.3 is 10.4 Å². The van der Waals surface area contributed by atoms with Gasteiger partial charge in [-0.1, -0.05) is 44.2 Å². The highest BCUT2D eigenvalue weighted by Gasteiger charge is 2.32. The van der Waals surface area contributed by atoms with Gasteiger partial charge in [0.15, 0.2) is 0 Å². The van der Waals surface area contributed by atoms with Crippen molar-refractivity contribution in [2.75, 3.05) is 32.8 Å². The molecule has 4 rings (SSSR count). The average Bonchev–Trinajstić information content (AvgIpc) is 2.63. The van der Waals surface area contributed by atoms with Gasteiger partial charge in [-0.05, 0) is 48.4 Å². The summed E-state index contributed by atoms with van der Waals surface area (Å²) in [6.45, 7) is 8.00. The lowest BCUT2D eigenvalue weighted by molar-refractivity contribution is -0.116. The van der Waals surface area contributed by atoms with Crippen LogP contribution < -0.4 is 5.32 Å². The fourth-order valence-electron chi connectivity index (χ4n) is 4.08. The zero-order valence-corrected chi connectivity index (χ0v) is 15.4. The van der Waals surface area contributed by atoms with Crippen LogP contribution in [0.3, 0.4) is 0 Å². The third kappa shape index (κ3) is 4.31. The number of nitrogens with zero attached hydrogens (tertiary/aromatic N) is 1. The first-order valence-electron chi connectivity index (χ1n) is 9.36. The number of hydrogen-bond acceptors (Lipinski definition) is 3.